The molecule has 1 fully saturated rings. The minimum Gasteiger partial charge on any atom is -0.396 e. The normalized spacial score (nSPS) is 19.4. The SMILES string of the molecule is CCCNC(N)=NCC1(CCO)CC1. The Labute approximate surface area is 85.6 Å². The van der Waals surface area contributed by atoms with Gasteiger partial charge in [0.1, 0.15) is 0 Å². The molecule has 0 bridgehead atoms. The number of hydrogen-bond donors (Lipinski definition) is 3. The Morgan fingerprint density at radius 3 is 2.79 bits per heavy atom. The van der Waals surface area contributed by atoms with Crippen LogP contribution in [-0.4, -0.2) is 30.8 Å². The number of nitrogens with two attached hydrogens (primary N) is 1. The van der Waals surface area contributed by atoms with Gasteiger partial charge in [0.15, 0.2) is 5.96 Å². The van der Waals surface area contributed by atoms with Crippen molar-refractivity contribution in [1.29, 1.82) is 0 Å². The van der Waals surface area contributed by atoms with Crippen molar-refractivity contribution in [3.8, 4) is 0 Å². The van der Waals surface area contributed by atoms with E-state index in [0.717, 1.165) is 25.9 Å². The maximum Gasteiger partial charge on any atom is 0.188 e. The smallest absolute Gasteiger partial charge is 0.188 e. The third-order valence-corrected chi connectivity index (χ3v) is 2.74. The highest BCUT2D eigenvalue weighted by atomic mass is 16.3. The Kier molecular flexibility index (Phi) is 4.20. The molecule has 0 amide bonds. The summed E-state index contributed by atoms with van der Waals surface area (Å²) in [4.78, 5) is 4.29. The molecule has 14 heavy (non-hydrogen) atoms. The molecule has 0 aliphatic heterocycles. The highest BCUT2D eigenvalue weighted by Crippen LogP contribution is 2.48. The zero-order valence-electron chi connectivity index (χ0n) is 8.92. The van der Waals surface area contributed by atoms with Gasteiger partial charge in [0, 0.05) is 19.7 Å². The van der Waals surface area contributed by atoms with Crippen LogP contribution in [0, 0.1) is 5.41 Å². The van der Waals surface area contributed by atoms with Crippen molar-refractivity contribution < 1.29 is 5.11 Å². The van der Waals surface area contributed by atoms with Crippen molar-refractivity contribution in [1.82, 2.24) is 5.32 Å². The summed E-state index contributed by atoms with van der Waals surface area (Å²) in [6.07, 6.45) is 4.27. The molecule has 0 atom stereocenters. The van der Waals surface area contributed by atoms with E-state index in [1.165, 1.54) is 12.8 Å². The molecule has 0 aromatic rings. The maximum atomic E-state index is 8.85. The van der Waals surface area contributed by atoms with E-state index < -0.39 is 0 Å². The van der Waals surface area contributed by atoms with Crippen molar-refractivity contribution in [2.45, 2.75) is 32.6 Å². The van der Waals surface area contributed by atoms with Crippen LogP contribution in [0.1, 0.15) is 32.6 Å². The lowest BCUT2D eigenvalue weighted by atomic mass is 10.0. The molecular formula is C10H21N3O. The molecule has 4 heteroatoms. The van der Waals surface area contributed by atoms with Gasteiger partial charge in [0.2, 0.25) is 0 Å². The number of aliphatic imine (C=N–C) groups is 1. The quantitative estimate of drug-likeness (QED) is 0.430. The van der Waals surface area contributed by atoms with Gasteiger partial charge >= 0.3 is 0 Å². The van der Waals surface area contributed by atoms with Crippen LogP contribution in [0.15, 0.2) is 4.99 Å². The predicted molar refractivity (Wildman–Crippen MR) is 58.2 cm³/mol. The van der Waals surface area contributed by atoms with Gasteiger partial charge < -0.3 is 16.2 Å². The fraction of sp³-hybridized carbons (Fsp3) is 0.900. The lowest BCUT2D eigenvalue weighted by Crippen LogP contribution is -2.32. The first-order valence-corrected chi connectivity index (χ1v) is 5.37. The Bertz CT molecular complexity index is 200. The van der Waals surface area contributed by atoms with Gasteiger partial charge in [0.05, 0.1) is 0 Å². The van der Waals surface area contributed by atoms with E-state index in [1.54, 1.807) is 0 Å². The number of nitrogens with one attached hydrogen (secondary N) is 1. The predicted octanol–water partition coefficient (Wildman–Crippen LogP) is 0.463. The summed E-state index contributed by atoms with van der Waals surface area (Å²) in [5, 5.41) is 11.9. The van der Waals surface area contributed by atoms with Crippen molar-refractivity contribution in [3.63, 3.8) is 0 Å². The zero-order valence-corrected chi connectivity index (χ0v) is 8.92. The topological polar surface area (TPSA) is 70.6 Å². The van der Waals surface area contributed by atoms with Gasteiger partial charge in [-0.05, 0) is 31.1 Å². The van der Waals surface area contributed by atoms with Crippen molar-refractivity contribution >= 4 is 5.96 Å². The van der Waals surface area contributed by atoms with E-state index in [0.29, 0.717) is 5.96 Å². The van der Waals surface area contributed by atoms with Gasteiger partial charge in [-0.25, -0.2) is 0 Å². The number of aliphatic hydroxyl groups excluding tert-OH is 1. The molecule has 0 aromatic carbocycles. The molecule has 1 rings (SSSR count). The van der Waals surface area contributed by atoms with E-state index in [4.69, 9.17) is 10.8 Å². The summed E-state index contributed by atoms with van der Waals surface area (Å²) in [7, 11) is 0. The molecular weight excluding hydrogens is 178 g/mol. The highest BCUT2D eigenvalue weighted by molar-refractivity contribution is 5.77. The molecule has 0 spiro atoms. The standard InChI is InChI=1S/C10H21N3O/c1-2-6-12-9(11)13-8-10(3-4-10)5-7-14/h14H,2-8H2,1H3,(H3,11,12,13). The number of nitrogens with zero attached hydrogens (tertiary/aromatic N) is 1. The second-order valence-electron chi connectivity index (χ2n) is 4.10. The Morgan fingerprint density at radius 1 is 1.57 bits per heavy atom. The number of rotatable bonds is 6. The van der Waals surface area contributed by atoms with Crippen LogP contribution in [-0.2, 0) is 0 Å². The molecule has 0 heterocycles. The fourth-order valence-corrected chi connectivity index (χ4v) is 1.46. The summed E-state index contributed by atoms with van der Waals surface area (Å²) in [6.45, 7) is 3.99. The highest BCUT2D eigenvalue weighted by Gasteiger charge is 2.41. The molecule has 4 N–H and O–H groups in total. The van der Waals surface area contributed by atoms with Crippen LogP contribution in [0.25, 0.3) is 0 Å². The summed E-state index contributed by atoms with van der Waals surface area (Å²) in [5.41, 5.74) is 5.94. The molecule has 1 aliphatic carbocycles. The molecule has 4 nitrogen and oxygen atoms in total. The average Bonchev–Trinajstić information content (AvgIpc) is 2.93. The van der Waals surface area contributed by atoms with E-state index in [9.17, 15) is 0 Å². The Balaban J connectivity index is 2.23. The summed E-state index contributed by atoms with van der Waals surface area (Å²) < 4.78 is 0. The number of hydrogen-bond acceptors (Lipinski definition) is 2. The molecule has 0 unspecified atom stereocenters. The van der Waals surface area contributed by atoms with Gasteiger partial charge in [0.25, 0.3) is 0 Å². The Morgan fingerprint density at radius 2 is 2.29 bits per heavy atom. The van der Waals surface area contributed by atoms with Crippen LogP contribution in [0.2, 0.25) is 0 Å². The van der Waals surface area contributed by atoms with E-state index >= 15 is 0 Å². The van der Waals surface area contributed by atoms with Crippen LogP contribution >= 0.6 is 0 Å². The van der Waals surface area contributed by atoms with Crippen molar-refractivity contribution in [3.05, 3.63) is 0 Å². The van der Waals surface area contributed by atoms with Gasteiger partial charge in [-0.1, -0.05) is 6.92 Å². The van der Waals surface area contributed by atoms with Gasteiger partial charge in [-0.15, -0.1) is 0 Å². The Hall–Kier alpha value is -0.770. The summed E-state index contributed by atoms with van der Waals surface area (Å²) >= 11 is 0. The van der Waals surface area contributed by atoms with Crippen LogP contribution in [0.5, 0.6) is 0 Å². The van der Waals surface area contributed by atoms with E-state index in [2.05, 4.69) is 17.2 Å². The second-order valence-corrected chi connectivity index (χ2v) is 4.10. The van der Waals surface area contributed by atoms with Crippen LogP contribution in [0.3, 0.4) is 0 Å². The number of guanidine groups is 1. The first-order valence-electron chi connectivity index (χ1n) is 5.37. The molecule has 0 radical (unpaired) electrons. The minimum atomic E-state index is 0.262. The summed E-state index contributed by atoms with van der Waals surface area (Å²) in [6, 6.07) is 0. The molecule has 0 aromatic heterocycles. The maximum absolute atomic E-state index is 8.85. The molecule has 1 aliphatic rings. The van der Waals surface area contributed by atoms with E-state index in [1.807, 2.05) is 0 Å². The third-order valence-electron chi connectivity index (χ3n) is 2.74. The fourth-order valence-electron chi connectivity index (χ4n) is 1.46. The third kappa shape index (κ3) is 3.54. The summed E-state index contributed by atoms with van der Waals surface area (Å²) in [5.74, 6) is 0.538. The van der Waals surface area contributed by atoms with Crippen molar-refractivity contribution in [2.75, 3.05) is 19.7 Å². The zero-order chi connectivity index (χ0) is 10.4. The lowest BCUT2D eigenvalue weighted by Gasteiger charge is -2.10. The minimum absolute atomic E-state index is 0.262. The van der Waals surface area contributed by atoms with Gasteiger partial charge in [-0.3, -0.25) is 4.99 Å². The molecule has 1 saturated carbocycles. The average molecular weight is 199 g/mol. The first kappa shape index (κ1) is 11.3. The first-order chi connectivity index (χ1) is 6.72. The van der Waals surface area contributed by atoms with Crippen LogP contribution < -0.4 is 11.1 Å². The lowest BCUT2D eigenvalue weighted by molar-refractivity contribution is 0.251. The van der Waals surface area contributed by atoms with E-state index in [-0.39, 0.29) is 12.0 Å². The van der Waals surface area contributed by atoms with Crippen molar-refractivity contribution in [2.24, 2.45) is 16.1 Å². The largest absolute Gasteiger partial charge is 0.396 e. The number of aliphatic hydroxyl groups is 1. The van der Waals surface area contributed by atoms with Crippen LogP contribution in [0.4, 0.5) is 0 Å². The second kappa shape index (κ2) is 5.20. The monoisotopic (exact) mass is 199 g/mol. The molecule has 82 valence electrons. The molecule has 0 saturated heterocycles. The van der Waals surface area contributed by atoms with Gasteiger partial charge in [-0.2, -0.15) is 0 Å².